The standard InChI is InChI=1S/C20H23NO4.ClH/c1-22-16-4-2-14(3-5-16)18-8-9-21-11-15(18)12-23-17-6-7-19-20(10-17)25-13-24-19;/h2-7,10,15,18,21H,8-9,11-13H2,1H3;1H/t15-,18+;/m1./s1. The first-order valence-corrected chi connectivity index (χ1v) is 8.70. The largest absolute Gasteiger partial charge is 0.497 e. The van der Waals surface area contributed by atoms with Crippen molar-refractivity contribution >= 4 is 12.4 Å². The van der Waals surface area contributed by atoms with E-state index in [1.807, 2.05) is 30.3 Å². The van der Waals surface area contributed by atoms with Crippen molar-refractivity contribution in [2.75, 3.05) is 33.6 Å². The molecule has 140 valence electrons. The summed E-state index contributed by atoms with van der Waals surface area (Å²) in [6.07, 6.45) is 1.11. The number of piperidine rings is 1. The van der Waals surface area contributed by atoms with E-state index in [2.05, 4.69) is 17.4 Å². The molecule has 0 spiro atoms. The molecule has 26 heavy (non-hydrogen) atoms. The summed E-state index contributed by atoms with van der Waals surface area (Å²) < 4.78 is 22.1. The van der Waals surface area contributed by atoms with Gasteiger partial charge in [0, 0.05) is 18.5 Å². The van der Waals surface area contributed by atoms with Gasteiger partial charge in [-0.15, -0.1) is 12.4 Å². The third-order valence-corrected chi connectivity index (χ3v) is 4.96. The lowest BCUT2D eigenvalue weighted by Crippen LogP contribution is -2.38. The molecule has 0 amide bonds. The van der Waals surface area contributed by atoms with Crippen LogP contribution in [-0.2, 0) is 0 Å². The van der Waals surface area contributed by atoms with Crippen LogP contribution in [0, 0.1) is 5.92 Å². The monoisotopic (exact) mass is 377 g/mol. The lowest BCUT2D eigenvalue weighted by atomic mass is 9.81. The molecule has 2 aromatic carbocycles. The van der Waals surface area contributed by atoms with E-state index in [9.17, 15) is 0 Å². The molecular formula is C20H24ClNO4. The first-order valence-electron chi connectivity index (χ1n) is 8.70. The minimum absolute atomic E-state index is 0. The van der Waals surface area contributed by atoms with Crippen molar-refractivity contribution in [3.8, 4) is 23.0 Å². The summed E-state index contributed by atoms with van der Waals surface area (Å²) >= 11 is 0. The Morgan fingerprint density at radius 3 is 2.62 bits per heavy atom. The van der Waals surface area contributed by atoms with E-state index in [0.717, 1.165) is 42.5 Å². The van der Waals surface area contributed by atoms with Crippen molar-refractivity contribution < 1.29 is 18.9 Å². The van der Waals surface area contributed by atoms with Gasteiger partial charge in [0.2, 0.25) is 6.79 Å². The first-order chi connectivity index (χ1) is 12.3. The van der Waals surface area contributed by atoms with Crippen molar-refractivity contribution in [3.05, 3.63) is 48.0 Å². The van der Waals surface area contributed by atoms with Gasteiger partial charge in [0.25, 0.3) is 0 Å². The van der Waals surface area contributed by atoms with Crippen molar-refractivity contribution in [2.24, 2.45) is 5.92 Å². The third kappa shape index (κ3) is 4.00. The fourth-order valence-corrected chi connectivity index (χ4v) is 3.56. The van der Waals surface area contributed by atoms with E-state index in [4.69, 9.17) is 18.9 Å². The lowest BCUT2D eigenvalue weighted by molar-refractivity contribution is 0.173. The SMILES string of the molecule is COc1ccc([C@@H]2CCNC[C@@H]2COc2ccc3c(c2)OCO3)cc1.Cl. The second-order valence-electron chi connectivity index (χ2n) is 6.46. The molecule has 0 bridgehead atoms. The Balaban J connectivity index is 0.00000196. The molecule has 1 saturated heterocycles. The number of hydrogen-bond donors (Lipinski definition) is 1. The second-order valence-corrected chi connectivity index (χ2v) is 6.46. The molecule has 2 aromatic rings. The van der Waals surface area contributed by atoms with Gasteiger partial charge in [0.15, 0.2) is 11.5 Å². The van der Waals surface area contributed by atoms with E-state index in [0.29, 0.717) is 18.4 Å². The molecule has 5 nitrogen and oxygen atoms in total. The average molecular weight is 378 g/mol. The molecule has 2 heterocycles. The molecule has 0 unspecified atom stereocenters. The Bertz CT molecular complexity index is 722. The highest BCUT2D eigenvalue weighted by atomic mass is 35.5. The van der Waals surface area contributed by atoms with Gasteiger partial charge >= 0.3 is 0 Å². The van der Waals surface area contributed by atoms with Gasteiger partial charge in [-0.05, 0) is 48.7 Å². The molecule has 0 aliphatic carbocycles. The quantitative estimate of drug-likeness (QED) is 0.862. The smallest absolute Gasteiger partial charge is 0.231 e. The van der Waals surface area contributed by atoms with Gasteiger partial charge in [-0.1, -0.05) is 12.1 Å². The van der Waals surface area contributed by atoms with Crippen LogP contribution in [-0.4, -0.2) is 33.6 Å². The number of methoxy groups -OCH3 is 1. The number of rotatable bonds is 5. The predicted molar refractivity (Wildman–Crippen MR) is 102 cm³/mol. The zero-order valence-corrected chi connectivity index (χ0v) is 15.6. The van der Waals surface area contributed by atoms with E-state index in [1.165, 1.54) is 5.56 Å². The molecule has 0 saturated carbocycles. The summed E-state index contributed by atoms with van der Waals surface area (Å²) in [6, 6.07) is 14.1. The minimum Gasteiger partial charge on any atom is -0.497 e. The lowest BCUT2D eigenvalue weighted by Gasteiger charge is -2.32. The average Bonchev–Trinajstić information content (AvgIpc) is 3.14. The number of nitrogens with one attached hydrogen (secondary N) is 1. The van der Waals surface area contributed by atoms with Crippen LogP contribution >= 0.6 is 12.4 Å². The van der Waals surface area contributed by atoms with E-state index in [1.54, 1.807) is 7.11 Å². The Kier molecular flexibility index (Phi) is 6.12. The maximum absolute atomic E-state index is 6.07. The number of benzene rings is 2. The molecule has 2 aliphatic heterocycles. The van der Waals surface area contributed by atoms with Gasteiger partial charge in [-0.3, -0.25) is 0 Å². The Labute approximate surface area is 160 Å². The maximum atomic E-state index is 6.07. The van der Waals surface area contributed by atoms with E-state index < -0.39 is 0 Å². The Hall–Kier alpha value is -2.11. The summed E-state index contributed by atoms with van der Waals surface area (Å²) in [7, 11) is 1.70. The summed E-state index contributed by atoms with van der Waals surface area (Å²) in [5, 5.41) is 3.49. The van der Waals surface area contributed by atoms with Gasteiger partial charge in [-0.2, -0.15) is 0 Å². The maximum Gasteiger partial charge on any atom is 0.231 e. The van der Waals surface area contributed by atoms with Crippen LogP contribution in [0.5, 0.6) is 23.0 Å². The van der Waals surface area contributed by atoms with Crippen molar-refractivity contribution in [1.29, 1.82) is 0 Å². The highest BCUT2D eigenvalue weighted by Crippen LogP contribution is 2.36. The van der Waals surface area contributed by atoms with Crippen LogP contribution in [0.4, 0.5) is 0 Å². The Morgan fingerprint density at radius 1 is 1.04 bits per heavy atom. The van der Waals surface area contributed by atoms with Crippen molar-refractivity contribution in [2.45, 2.75) is 12.3 Å². The highest BCUT2D eigenvalue weighted by molar-refractivity contribution is 5.85. The van der Waals surface area contributed by atoms with Gasteiger partial charge < -0.3 is 24.3 Å². The van der Waals surface area contributed by atoms with Crippen LogP contribution in [0.1, 0.15) is 17.9 Å². The topological polar surface area (TPSA) is 49.0 Å². The summed E-state index contributed by atoms with van der Waals surface area (Å²) in [5.74, 6) is 4.16. The van der Waals surface area contributed by atoms with Crippen LogP contribution in [0.2, 0.25) is 0 Å². The summed E-state index contributed by atoms with van der Waals surface area (Å²) in [6.45, 7) is 2.95. The van der Waals surface area contributed by atoms with Crippen LogP contribution in [0.3, 0.4) is 0 Å². The van der Waals surface area contributed by atoms with Crippen LogP contribution in [0.25, 0.3) is 0 Å². The fourth-order valence-electron chi connectivity index (χ4n) is 3.56. The second kappa shape index (κ2) is 8.52. The minimum atomic E-state index is 0. The molecule has 0 radical (unpaired) electrons. The third-order valence-electron chi connectivity index (χ3n) is 4.96. The summed E-state index contributed by atoms with van der Waals surface area (Å²) in [5.41, 5.74) is 1.35. The molecule has 2 aliphatic rings. The summed E-state index contributed by atoms with van der Waals surface area (Å²) in [4.78, 5) is 0. The fraction of sp³-hybridized carbons (Fsp3) is 0.400. The molecule has 1 N–H and O–H groups in total. The van der Waals surface area contributed by atoms with Gasteiger partial charge in [0.05, 0.1) is 13.7 Å². The van der Waals surface area contributed by atoms with Gasteiger partial charge in [0.1, 0.15) is 11.5 Å². The van der Waals surface area contributed by atoms with Gasteiger partial charge in [-0.25, -0.2) is 0 Å². The molecule has 4 rings (SSSR count). The molecular weight excluding hydrogens is 354 g/mol. The zero-order valence-electron chi connectivity index (χ0n) is 14.8. The normalized spacial score (nSPS) is 21.0. The predicted octanol–water partition coefficient (Wildman–Crippen LogP) is 3.62. The molecule has 0 aromatic heterocycles. The number of ether oxygens (including phenoxy) is 4. The molecule has 1 fully saturated rings. The van der Waals surface area contributed by atoms with Crippen LogP contribution < -0.4 is 24.3 Å². The highest BCUT2D eigenvalue weighted by Gasteiger charge is 2.27. The van der Waals surface area contributed by atoms with E-state index in [-0.39, 0.29) is 19.2 Å². The van der Waals surface area contributed by atoms with Crippen molar-refractivity contribution in [3.63, 3.8) is 0 Å². The van der Waals surface area contributed by atoms with Crippen molar-refractivity contribution in [1.82, 2.24) is 5.32 Å². The number of hydrogen-bond acceptors (Lipinski definition) is 5. The Morgan fingerprint density at radius 2 is 1.81 bits per heavy atom. The zero-order chi connectivity index (χ0) is 17.1. The molecule has 2 atom stereocenters. The van der Waals surface area contributed by atoms with Crippen LogP contribution in [0.15, 0.2) is 42.5 Å². The molecule has 6 heteroatoms. The van der Waals surface area contributed by atoms with E-state index >= 15 is 0 Å². The number of halogens is 1. The first kappa shape index (κ1) is 18.7. The number of fused-ring (bicyclic) bond motifs is 1.